The molecule has 0 atom stereocenters. The molecule has 2 aromatic rings. The average molecular weight is 384 g/mol. The number of nitrogens with one attached hydrogen (secondary N) is 2. The van der Waals surface area contributed by atoms with Crippen LogP contribution in [0.1, 0.15) is 23.8 Å². The molecule has 0 aliphatic carbocycles. The summed E-state index contributed by atoms with van der Waals surface area (Å²) in [5.74, 6) is 0.754. The van der Waals surface area contributed by atoms with Crippen molar-refractivity contribution in [2.24, 2.45) is 0 Å². The first-order chi connectivity index (χ1) is 13.4. The summed E-state index contributed by atoms with van der Waals surface area (Å²) in [5, 5.41) is 14.6. The Morgan fingerprint density at radius 1 is 1.21 bits per heavy atom. The Balaban J connectivity index is 1.94. The topological polar surface area (TPSA) is 108 Å². The van der Waals surface area contributed by atoms with Gasteiger partial charge in [0.2, 0.25) is 17.7 Å². The first-order valence-corrected chi connectivity index (χ1v) is 8.84. The van der Waals surface area contributed by atoms with Crippen molar-refractivity contribution in [3.63, 3.8) is 0 Å². The second-order valence-electron chi connectivity index (χ2n) is 6.23. The van der Waals surface area contributed by atoms with Crippen molar-refractivity contribution in [3.05, 3.63) is 41.2 Å². The zero-order chi connectivity index (χ0) is 20.7. The minimum Gasteiger partial charge on any atom is -0.497 e. The quantitative estimate of drug-likeness (QED) is 0.724. The van der Waals surface area contributed by atoms with Gasteiger partial charge in [0.05, 0.1) is 20.2 Å². The highest BCUT2D eigenvalue weighted by Crippen LogP contribution is 2.25. The van der Waals surface area contributed by atoms with Crippen LogP contribution in [0.4, 0.5) is 11.6 Å². The zero-order valence-corrected chi connectivity index (χ0v) is 16.5. The molecule has 2 rings (SSSR count). The van der Waals surface area contributed by atoms with Crippen molar-refractivity contribution in [2.75, 3.05) is 37.4 Å². The standard InChI is InChI=1S/C20H24N4O4/c1-5-24(11-18(25)22-15-7-6-8-16(9-15)27-4)12-19(26)23-20-17(10-21)13(2)14(3)28-20/h6-9H,5,11-12H2,1-4H3,(H,22,25)(H,23,26). The Labute approximate surface area is 164 Å². The van der Waals surface area contributed by atoms with Gasteiger partial charge in [-0.25, -0.2) is 0 Å². The minimum absolute atomic E-state index is 0.00824. The molecule has 0 unspecified atom stereocenters. The van der Waals surface area contributed by atoms with Crippen molar-refractivity contribution in [1.82, 2.24) is 4.90 Å². The van der Waals surface area contributed by atoms with Crippen LogP contribution in [0, 0.1) is 25.2 Å². The number of likely N-dealkylation sites (N-methyl/N-ethyl adjacent to an activating group) is 1. The molecule has 28 heavy (non-hydrogen) atoms. The van der Waals surface area contributed by atoms with Crippen LogP contribution in [0.15, 0.2) is 28.7 Å². The number of carbonyl (C=O) groups is 2. The number of nitriles is 1. The lowest BCUT2D eigenvalue weighted by Gasteiger charge is -2.19. The number of ether oxygens (including phenoxy) is 1. The number of anilines is 2. The number of methoxy groups -OCH3 is 1. The van der Waals surface area contributed by atoms with Crippen molar-refractivity contribution in [2.45, 2.75) is 20.8 Å². The van der Waals surface area contributed by atoms with Gasteiger partial charge in [0.25, 0.3) is 0 Å². The van der Waals surface area contributed by atoms with Crippen molar-refractivity contribution in [1.29, 1.82) is 5.26 Å². The molecule has 2 amide bonds. The summed E-state index contributed by atoms with van der Waals surface area (Å²) in [6.07, 6.45) is 0. The van der Waals surface area contributed by atoms with Gasteiger partial charge in [-0.2, -0.15) is 5.26 Å². The fraction of sp³-hybridized carbons (Fsp3) is 0.350. The van der Waals surface area contributed by atoms with Crippen LogP contribution in [0.2, 0.25) is 0 Å². The number of hydrogen-bond donors (Lipinski definition) is 2. The number of aryl methyl sites for hydroxylation is 1. The van der Waals surface area contributed by atoms with Crippen molar-refractivity contribution >= 4 is 23.4 Å². The molecule has 1 aromatic heterocycles. The number of furan rings is 1. The molecule has 1 heterocycles. The predicted octanol–water partition coefficient (Wildman–Crippen LogP) is 2.68. The summed E-state index contributed by atoms with van der Waals surface area (Å²) in [4.78, 5) is 26.3. The van der Waals surface area contributed by atoms with E-state index in [-0.39, 0.29) is 30.8 Å². The SMILES string of the molecule is CCN(CC(=O)Nc1cccc(OC)c1)CC(=O)Nc1oc(C)c(C)c1C#N. The molecular weight excluding hydrogens is 360 g/mol. The summed E-state index contributed by atoms with van der Waals surface area (Å²) < 4.78 is 10.6. The molecule has 0 aliphatic heterocycles. The van der Waals surface area contributed by atoms with Crippen LogP contribution in [0.3, 0.4) is 0 Å². The maximum absolute atomic E-state index is 12.3. The third kappa shape index (κ3) is 5.34. The smallest absolute Gasteiger partial charge is 0.240 e. The van der Waals surface area contributed by atoms with Gasteiger partial charge in [0, 0.05) is 17.3 Å². The van der Waals surface area contributed by atoms with Crippen molar-refractivity contribution < 1.29 is 18.7 Å². The monoisotopic (exact) mass is 384 g/mol. The molecule has 2 N–H and O–H groups in total. The lowest BCUT2D eigenvalue weighted by atomic mass is 10.2. The highest BCUT2D eigenvalue weighted by molar-refractivity contribution is 5.94. The molecule has 0 saturated carbocycles. The Morgan fingerprint density at radius 2 is 1.89 bits per heavy atom. The molecular formula is C20H24N4O4. The van der Waals surface area contributed by atoms with Gasteiger partial charge in [0.15, 0.2) is 0 Å². The van der Waals surface area contributed by atoms with Crippen LogP contribution in [0.25, 0.3) is 0 Å². The van der Waals surface area contributed by atoms with Crippen LogP contribution in [-0.4, -0.2) is 43.5 Å². The summed E-state index contributed by atoms with van der Waals surface area (Å²) in [5.41, 5.74) is 1.62. The summed E-state index contributed by atoms with van der Waals surface area (Å²) >= 11 is 0. The molecule has 8 heteroatoms. The summed E-state index contributed by atoms with van der Waals surface area (Å²) in [6, 6.07) is 9.06. The van der Waals surface area contributed by atoms with Crippen LogP contribution < -0.4 is 15.4 Å². The van der Waals surface area contributed by atoms with E-state index >= 15 is 0 Å². The molecule has 0 fully saturated rings. The molecule has 0 spiro atoms. The zero-order valence-electron chi connectivity index (χ0n) is 16.5. The summed E-state index contributed by atoms with van der Waals surface area (Å²) in [7, 11) is 1.55. The first kappa shape index (κ1) is 21.0. The van der Waals surface area contributed by atoms with E-state index in [1.54, 1.807) is 50.1 Å². The highest BCUT2D eigenvalue weighted by atomic mass is 16.5. The molecule has 0 saturated heterocycles. The largest absolute Gasteiger partial charge is 0.497 e. The van der Waals surface area contributed by atoms with E-state index in [0.29, 0.717) is 34.9 Å². The van der Waals surface area contributed by atoms with E-state index in [9.17, 15) is 14.9 Å². The van der Waals surface area contributed by atoms with E-state index in [2.05, 4.69) is 10.6 Å². The predicted molar refractivity (Wildman–Crippen MR) is 105 cm³/mol. The lowest BCUT2D eigenvalue weighted by Crippen LogP contribution is -2.38. The minimum atomic E-state index is -0.360. The van der Waals surface area contributed by atoms with Gasteiger partial charge in [0.1, 0.15) is 23.1 Å². The van der Waals surface area contributed by atoms with Gasteiger partial charge in [-0.05, 0) is 32.5 Å². The molecule has 148 valence electrons. The third-order valence-electron chi connectivity index (χ3n) is 4.29. The molecule has 0 bridgehead atoms. The first-order valence-electron chi connectivity index (χ1n) is 8.84. The van der Waals surface area contributed by atoms with E-state index in [1.165, 1.54) is 0 Å². The van der Waals surface area contributed by atoms with E-state index in [4.69, 9.17) is 9.15 Å². The fourth-order valence-electron chi connectivity index (χ4n) is 2.60. The lowest BCUT2D eigenvalue weighted by molar-refractivity contribution is -0.120. The number of amides is 2. The highest BCUT2D eigenvalue weighted by Gasteiger charge is 2.19. The Kier molecular flexibility index (Phi) is 7.18. The number of benzene rings is 1. The van der Waals surface area contributed by atoms with Crippen molar-refractivity contribution in [3.8, 4) is 11.8 Å². The van der Waals surface area contributed by atoms with Gasteiger partial charge in [-0.15, -0.1) is 0 Å². The molecule has 8 nitrogen and oxygen atoms in total. The Hall–Kier alpha value is -3.31. The van der Waals surface area contributed by atoms with Gasteiger partial charge in [-0.3, -0.25) is 19.8 Å². The van der Waals surface area contributed by atoms with Crippen LogP contribution in [-0.2, 0) is 9.59 Å². The fourth-order valence-corrected chi connectivity index (χ4v) is 2.60. The van der Waals surface area contributed by atoms with Gasteiger partial charge in [-0.1, -0.05) is 13.0 Å². The molecule has 0 radical (unpaired) electrons. The maximum atomic E-state index is 12.3. The normalized spacial score (nSPS) is 10.4. The third-order valence-corrected chi connectivity index (χ3v) is 4.29. The second kappa shape index (κ2) is 9.58. The second-order valence-corrected chi connectivity index (χ2v) is 6.23. The van der Waals surface area contributed by atoms with E-state index < -0.39 is 0 Å². The number of hydrogen-bond acceptors (Lipinski definition) is 6. The van der Waals surface area contributed by atoms with Gasteiger partial charge >= 0.3 is 0 Å². The van der Waals surface area contributed by atoms with Crippen LogP contribution >= 0.6 is 0 Å². The number of nitrogens with zero attached hydrogens (tertiary/aromatic N) is 2. The molecule has 0 aliphatic rings. The molecule has 1 aromatic carbocycles. The summed E-state index contributed by atoms with van der Waals surface area (Å²) in [6.45, 7) is 5.88. The number of rotatable bonds is 8. The number of carbonyl (C=O) groups excluding carboxylic acids is 2. The van der Waals surface area contributed by atoms with Gasteiger partial charge < -0.3 is 14.5 Å². The Bertz CT molecular complexity index is 898. The maximum Gasteiger partial charge on any atom is 0.240 e. The average Bonchev–Trinajstić information content (AvgIpc) is 2.93. The van der Waals surface area contributed by atoms with Crippen LogP contribution in [0.5, 0.6) is 5.75 Å². The van der Waals surface area contributed by atoms with E-state index in [0.717, 1.165) is 0 Å². The Morgan fingerprint density at radius 3 is 2.50 bits per heavy atom. The van der Waals surface area contributed by atoms with E-state index in [1.807, 2.05) is 13.0 Å².